The fourth-order valence-corrected chi connectivity index (χ4v) is 4.14. The summed E-state index contributed by atoms with van der Waals surface area (Å²) < 4.78 is 38.8. The second-order valence-electron chi connectivity index (χ2n) is 6.70. The number of anilines is 2. The van der Waals surface area contributed by atoms with Gasteiger partial charge >= 0.3 is 0 Å². The zero-order chi connectivity index (χ0) is 19.4. The van der Waals surface area contributed by atoms with Gasteiger partial charge < -0.3 is 14.4 Å². The van der Waals surface area contributed by atoms with Gasteiger partial charge in [-0.2, -0.15) is 0 Å². The standard InChI is InChI=1S/C20H26N2O4S/c1-4-25-19-9-11-20(12-10-19)27(23,24)21-17-5-7-18(8-6-17)22-13-16(3)26-14-15(22)2/h5-12,15-16,21H,4,13-14H2,1-3H3. The molecule has 7 heteroatoms. The smallest absolute Gasteiger partial charge is 0.261 e. The van der Waals surface area contributed by atoms with Gasteiger partial charge in [-0.25, -0.2) is 8.42 Å². The summed E-state index contributed by atoms with van der Waals surface area (Å²) >= 11 is 0. The summed E-state index contributed by atoms with van der Waals surface area (Å²) in [4.78, 5) is 2.48. The van der Waals surface area contributed by atoms with E-state index in [1.165, 1.54) is 0 Å². The Kier molecular flexibility index (Phi) is 5.92. The van der Waals surface area contributed by atoms with Crippen molar-refractivity contribution in [3.05, 3.63) is 48.5 Å². The van der Waals surface area contributed by atoms with Gasteiger partial charge in [0.05, 0.1) is 24.2 Å². The molecule has 0 saturated carbocycles. The number of sulfonamides is 1. The zero-order valence-electron chi connectivity index (χ0n) is 15.9. The number of benzene rings is 2. The topological polar surface area (TPSA) is 67.9 Å². The third-order valence-electron chi connectivity index (χ3n) is 4.50. The molecule has 0 amide bonds. The van der Waals surface area contributed by atoms with Crippen LogP contribution in [0.3, 0.4) is 0 Å². The Balaban J connectivity index is 1.71. The van der Waals surface area contributed by atoms with E-state index < -0.39 is 10.0 Å². The fraction of sp³-hybridized carbons (Fsp3) is 0.400. The number of morpholine rings is 1. The Hall–Kier alpha value is -2.25. The molecule has 1 aliphatic rings. The van der Waals surface area contributed by atoms with Crippen LogP contribution in [-0.2, 0) is 14.8 Å². The van der Waals surface area contributed by atoms with Gasteiger partial charge in [-0.15, -0.1) is 0 Å². The highest BCUT2D eigenvalue weighted by atomic mass is 32.2. The van der Waals surface area contributed by atoms with Gasteiger partial charge in [0.2, 0.25) is 0 Å². The lowest BCUT2D eigenvalue weighted by Gasteiger charge is -2.38. The second kappa shape index (κ2) is 8.19. The highest BCUT2D eigenvalue weighted by Gasteiger charge is 2.23. The summed E-state index contributed by atoms with van der Waals surface area (Å²) in [5.41, 5.74) is 1.59. The largest absolute Gasteiger partial charge is 0.494 e. The Bertz CT molecular complexity index is 851. The van der Waals surface area contributed by atoms with Gasteiger partial charge in [0.1, 0.15) is 5.75 Å². The summed E-state index contributed by atoms with van der Waals surface area (Å²) in [6, 6.07) is 14.1. The molecule has 1 N–H and O–H groups in total. The van der Waals surface area contributed by atoms with Gasteiger partial charge in [0.15, 0.2) is 0 Å². The molecule has 0 spiro atoms. The van der Waals surface area contributed by atoms with E-state index in [0.717, 1.165) is 12.2 Å². The van der Waals surface area contributed by atoms with E-state index in [1.807, 2.05) is 19.1 Å². The van der Waals surface area contributed by atoms with Crippen LogP contribution in [0.1, 0.15) is 20.8 Å². The van der Waals surface area contributed by atoms with Crippen molar-refractivity contribution in [2.75, 3.05) is 29.4 Å². The molecule has 2 unspecified atom stereocenters. The maximum absolute atomic E-state index is 12.6. The monoisotopic (exact) mass is 390 g/mol. The molecule has 0 bridgehead atoms. The summed E-state index contributed by atoms with van der Waals surface area (Å²) in [7, 11) is -3.64. The van der Waals surface area contributed by atoms with Crippen molar-refractivity contribution in [2.24, 2.45) is 0 Å². The van der Waals surface area contributed by atoms with Crippen molar-refractivity contribution >= 4 is 21.4 Å². The van der Waals surface area contributed by atoms with Crippen LogP contribution < -0.4 is 14.4 Å². The molecule has 1 fully saturated rings. The van der Waals surface area contributed by atoms with Gasteiger partial charge in [-0.05, 0) is 69.3 Å². The first kappa shape index (κ1) is 19.5. The maximum atomic E-state index is 12.6. The number of ether oxygens (including phenoxy) is 2. The predicted octanol–water partition coefficient (Wildman–Crippen LogP) is 3.50. The molecule has 0 aliphatic carbocycles. The SMILES string of the molecule is CCOc1ccc(S(=O)(=O)Nc2ccc(N3CC(C)OCC3C)cc2)cc1. The summed E-state index contributed by atoms with van der Waals surface area (Å²) in [5.74, 6) is 0.648. The molecule has 6 nitrogen and oxygen atoms in total. The molecule has 27 heavy (non-hydrogen) atoms. The molecule has 2 aromatic carbocycles. The first-order valence-corrected chi connectivity index (χ1v) is 10.6. The van der Waals surface area contributed by atoms with Crippen molar-refractivity contribution in [1.29, 1.82) is 0 Å². The molecular weight excluding hydrogens is 364 g/mol. The number of nitrogens with zero attached hydrogens (tertiary/aromatic N) is 1. The molecule has 1 aliphatic heterocycles. The zero-order valence-corrected chi connectivity index (χ0v) is 16.7. The van der Waals surface area contributed by atoms with Gasteiger partial charge in [0.25, 0.3) is 10.0 Å². The summed E-state index contributed by atoms with van der Waals surface area (Å²) in [5, 5.41) is 0. The number of hydrogen-bond acceptors (Lipinski definition) is 5. The first-order valence-electron chi connectivity index (χ1n) is 9.13. The Morgan fingerprint density at radius 3 is 2.41 bits per heavy atom. The molecular formula is C20H26N2O4S. The first-order chi connectivity index (χ1) is 12.9. The normalized spacial score (nSPS) is 20.3. The van der Waals surface area contributed by atoms with Crippen LogP contribution in [0.2, 0.25) is 0 Å². The van der Waals surface area contributed by atoms with Crippen LogP contribution in [0.25, 0.3) is 0 Å². The molecule has 2 aromatic rings. The lowest BCUT2D eigenvalue weighted by molar-refractivity contribution is 0.0344. The molecule has 0 aromatic heterocycles. The van der Waals surface area contributed by atoms with Crippen LogP contribution in [0.4, 0.5) is 11.4 Å². The summed E-state index contributed by atoms with van der Waals surface area (Å²) in [6.45, 7) is 8.10. The van der Waals surface area contributed by atoms with E-state index in [1.54, 1.807) is 36.4 Å². The fourth-order valence-electron chi connectivity index (χ4n) is 3.08. The molecule has 1 saturated heterocycles. The van der Waals surface area contributed by atoms with Crippen molar-refractivity contribution in [1.82, 2.24) is 0 Å². The molecule has 3 rings (SSSR count). The molecule has 2 atom stereocenters. The lowest BCUT2D eigenvalue weighted by Crippen LogP contribution is -2.47. The maximum Gasteiger partial charge on any atom is 0.261 e. The van der Waals surface area contributed by atoms with E-state index in [9.17, 15) is 8.42 Å². The minimum atomic E-state index is -3.64. The minimum absolute atomic E-state index is 0.180. The average Bonchev–Trinajstić information content (AvgIpc) is 2.65. The molecule has 0 radical (unpaired) electrons. The highest BCUT2D eigenvalue weighted by Crippen LogP contribution is 2.25. The number of rotatable bonds is 6. The third-order valence-corrected chi connectivity index (χ3v) is 5.90. The van der Waals surface area contributed by atoms with Crippen LogP contribution in [0.5, 0.6) is 5.75 Å². The molecule has 1 heterocycles. The quantitative estimate of drug-likeness (QED) is 0.818. The van der Waals surface area contributed by atoms with E-state index >= 15 is 0 Å². The van der Waals surface area contributed by atoms with Gasteiger partial charge in [-0.1, -0.05) is 0 Å². The third kappa shape index (κ3) is 4.73. The van der Waals surface area contributed by atoms with Crippen LogP contribution in [0, 0.1) is 0 Å². The van der Waals surface area contributed by atoms with Crippen molar-refractivity contribution < 1.29 is 17.9 Å². The van der Waals surface area contributed by atoms with E-state index in [4.69, 9.17) is 9.47 Å². The average molecular weight is 391 g/mol. The highest BCUT2D eigenvalue weighted by molar-refractivity contribution is 7.92. The Morgan fingerprint density at radius 1 is 1.11 bits per heavy atom. The van der Waals surface area contributed by atoms with Crippen LogP contribution in [-0.4, -0.2) is 40.3 Å². The van der Waals surface area contributed by atoms with E-state index in [2.05, 4.69) is 23.5 Å². The van der Waals surface area contributed by atoms with Crippen molar-refractivity contribution in [3.8, 4) is 5.75 Å². The lowest BCUT2D eigenvalue weighted by atomic mass is 10.1. The Labute approximate surface area is 161 Å². The van der Waals surface area contributed by atoms with Crippen molar-refractivity contribution in [3.63, 3.8) is 0 Å². The minimum Gasteiger partial charge on any atom is -0.494 e. The van der Waals surface area contributed by atoms with Gasteiger partial charge in [-0.3, -0.25) is 4.72 Å². The molecule has 146 valence electrons. The van der Waals surface area contributed by atoms with Crippen LogP contribution >= 0.6 is 0 Å². The van der Waals surface area contributed by atoms with E-state index in [0.29, 0.717) is 24.7 Å². The number of nitrogens with one attached hydrogen (secondary N) is 1. The van der Waals surface area contributed by atoms with Crippen molar-refractivity contribution in [2.45, 2.75) is 37.8 Å². The summed E-state index contributed by atoms with van der Waals surface area (Å²) in [6.07, 6.45) is 0.180. The number of hydrogen-bond donors (Lipinski definition) is 1. The predicted molar refractivity (Wildman–Crippen MR) is 107 cm³/mol. The Morgan fingerprint density at radius 2 is 1.78 bits per heavy atom. The van der Waals surface area contributed by atoms with Crippen LogP contribution in [0.15, 0.2) is 53.4 Å². The second-order valence-corrected chi connectivity index (χ2v) is 8.38. The van der Waals surface area contributed by atoms with E-state index in [-0.39, 0.29) is 17.0 Å². The van der Waals surface area contributed by atoms with Gasteiger partial charge in [0, 0.05) is 24.0 Å².